The number of nitrogens with one attached hydrogen (secondary N) is 1. The van der Waals surface area contributed by atoms with Gasteiger partial charge in [-0.05, 0) is 6.42 Å². The van der Waals surface area contributed by atoms with Crippen LogP contribution in [0, 0.1) is 0 Å². The quantitative estimate of drug-likeness (QED) is 0.821. The summed E-state index contributed by atoms with van der Waals surface area (Å²) in [4.78, 5) is 0. The molecule has 0 saturated carbocycles. The van der Waals surface area contributed by atoms with Crippen molar-refractivity contribution in [1.82, 2.24) is 14.9 Å². The van der Waals surface area contributed by atoms with E-state index in [1.807, 2.05) is 13.1 Å². The molecule has 0 atom stereocenters. The molecule has 0 amide bonds. The van der Waals surface area contributed by atoms with Crippen molar-refractivity contribution >= 4 is 11.5 Å². The molecule has 6 nitrogen and oxygen atoms in total. The maximum Gasteiger partial charge on any atom is 0.148 e. The Hall–Kier alpha value is -1.98. The number of rotatable bonds is 5. The maximum absolute atomic E-state index is 6.04. The second kappa shape index (κ2) is 4.90. The number of anilines is 2. The van der Waals surface area contributed by atoms with Crippen molar-refractivity contribution in [2.75, 3.05) is 11.1 Å². The number of aromatic nitrogens is 3. The van der Waals surface area contributed by atoms with Crippen LogP contribution in [0.5, 0.6) is 0 Å². The second-order valence-corrected chi connectivity index (χ2v) is 3.93. The lowest BCUT2D eigenvalue weighted by molar-refractivity contribution is 0.412. The Bertz CT molecular complexity index is 474. The highest BCUT2D eigenvalue weighted by Gasteiger charge is 2.12. The van der Waals surface area contributed by atoms with Gasteiger partial charge in [0.15, 0.2) is 0 Å². The largest absolute Gasteiger partial charge is 0.394 e. The topological polar surface area (TPSA) is 81.9 Å². The summed E-state index contributed by atoms with van der Waals surface area (Å²) in [5, 5.41) is 11.4. The van der Waals surface area contributed by atoms with Crippen molar-refractivity contribution in [3.8, 4) is 0 Å². The lowest BCUT2D eigenvalue weighted by Gasteiger charge is -2.05. The van der Waals surface area contributed by atoms with E-state index >= 15 is 0 Å². The van der Waals surface area contributed by atoms with Crippen molar-refractivity contribution in [2.45, 2.75) is 26.3 Å². The molecule has 92 valence electrons. The number of nitrogen functional groups attached to an aromatic ring is 1. The van der Waals surface area contributed by atoms with Gasteiger partial charge in [0.2, 0.25) is 0 Å². The first kappa shape index (κ1) is 11.5. The molecule has 0 saturated heterocycles. The third-order valence-electron chi connectivity index (χ3n) is 2.58. The van der Waals surface area contributed by atoms with Gasteiger partial charge >= 0.3 is 0 Å². The summed E-state index contributed by atoms with van der Waals surface area (Å²) in [5.74, 6) is 0.830. The zero-order valence-corrected chi connectivity index (χ0v) is 10.1. The summed E-state index contributed by atoms with van der Waals surface area (Å²) in [7, 11) is 1.88. The van der Waals surface area contributed by atoms with Gasteiger partial charge in [0.05, 0.1) is 17.9 Å². The minimum absolute atomic E-state index is 0.575. The third kappa shape index (κ3) is 2.41. The lowest BCUT2D eigenvalue weighted by Crippen LogP contribution is -2.06. The molecule has 2 aromatic rings. The standard InChI is InChI=1S/C11H17N5O/c1-3-4-9-10(12)11(16(2)14-9)13-7-8-5-6-17-15-8/h5-6,13H,3-4,7,12H2,1-2H3. The lowest BCUT2D eigenvalue weighted by atomic mass is 10.2. The summed E-state index contributed by atoms with van der Waals surface area (Å²) >= 11 is 0. The van der Waals surface area contributed by atoms with E-state index in [0.717, 1.165) is 35.7 Å². The van der Waals surface area contributed by atoms with Gasteiger partial charge in [0, 0.05) is 13.1 Å². The Balaban J connectivity index is 2.10. The number of hydrogen-bond acceptors (Lipinski definition) is 5. The molecule has 0 radical (unpaired) electrons. The van der Waals surface area contributed by atoms with E-state index in [1.54, 1.807) is 10.9 Å². The molecule has 0 bridgehead atoms. The fourth-order valence-corrected chi connectivity index (χ4v) is 1.73. The first-order valence-corrected chi connectivity index (χ1v) is 5.66. The van der Waals surface area contributed by atoms with Crippen LogP contribution in [0.15, 0.2) is 16.9 Å². The van der Waals surface area contributed by atoms with E-state index in [2.05, 4.69) is 22.5 Å². The summed E-state index contributed by atoms with van der Waals surface area (Å²) in [5.41, 5.74) is 8.54. The van der Waals surface area contributed by atoms with E-state index < -0.39 is 0 Å². The number of hydrogen-bond donors (Lipinski definition) is 2. The summed E-state index contributed by atoms with van der Waals surface area (Å²) in [6.45, 7) is 2.68. The smallest absolute Gasteiger partial charge is 0.148 e. The van der Waals surface area contributed by atoms with Gasteiger partial charge in [-0.3, -0.25) is 4.68 Å². The summed E-state index contributed by atoms with van der Waals surface area (Å²) in [6, 6.07) is 1.81. The van der Waals surface area contributed by atoms with Crippen molar-refractivity contribution in [3.63, 3.8) is 0 Å². The van der Waals surface area contributed by atoms with Gasteiger partial charge in [-0.1, -0.05) is 18.5 Å². The van der Waals surface area contributed by atoms with Crippen molar-refractivity contribution < 1.29 is 4.52 Å². The van der Waals surface area contributed by atoms with Crippen molar-refractivity contribution in [1.29, 1.82) is 0 Å². The molecule has 0 spiro atoms. The molecule has 2 heterocycles. The van der Waals surface area contributed by atoms with Crippen LogP contribution in [0.1, 0.15) is 24.7 Å². The zero-order valence-electron chi connectivity index (χ0n) is 10.1. The average molecular weight is 235 g/mol. The number of aryl methyl sites for hydroxylation is 2. The van der Waals surface area contributed by atoms with Gasteiger partial charge < -0.3 is 15.6 Å². The first-order chi connectivity index (χ1) is 8.22. The fourth-order valence-electron chi connectivity index (χ4n) is 1.73. The highest BCUT2D eigenvalue weighted by atomic mass is 16.5. The maximum atomic E-state index is 6.04. The fraction of sp³-hybridized carbons (Fsp3) is 0.455. The van der Waals surface area contributed by atoms with Gasteiger partial charge in [0.25, 0.3) is 0 Å². The van der Waals surface area contributed by atoms with Gasteiger partial charge in [0.1, 0.15) is 17.8 Å². The molecule has 0 aliphatic heterocycles. The minimum Gasteiger partial charge on any atom is -0.394 e. The van der Waals surface area contributed by atoms with Crippen LogP contribution in [0.4, 0.5) is 11.5 Å². The predicted octanol–water partition coefficient (Wildman–Crippen LogP) is 1.55. The van der Waals surface area contributed by atoms with Gasteiger partial charge in [-0.15, -0.1) is 0 Å². The van der Waals surface area contributed by atoms with Crippen LogP contribution >= 0.6 is 0 Å². The molecule has 6 heteroatoms. The Morgan fingerprint density at radius 1 is 1.53 bits per heavy atom. The van der Waals surface area contributed by atoms with Crippen LogP contribution in [0.3, 0.4) is 0 Å². The summed E-state index contributed by atoms with van der Waals surface area (Å²) < 4.78 is 6.53. The van der Waals surface area contributed by atoms with Crippen LogP contribution in [0.2, 0.25) is 0 Å². The molecule has 2 aromatic heterocycles. The van der Waals surface area contributed by atoms with E-state index in [1.165, 1.54) is 0 Å². The Kier molecular flexibility index (Phi) is 3.32. The molecule has 3 N–H and O–H groups in total. The molecule has 2 rings (SSSR count). The molecular formula is C11H17N5O. The minimum atomic E-state index is 0.575. The van der Waals surface area contributed by atoms with Crippen LogP contribution < -0.4 is 11.1 Å². The molecule has 17 heavy (non-hydrogen) atoms. The normalized spacial score (nSPS) is 10.7. The molecule has 0 unspecified atom stereocenters. The van der Waals surface area contributed by atoms with E-state index in [4.69, 9.17) is 10.3 Å². The first-order valence-electron chi connectivity index (χ1n) is 5.66. The Morgan fingerprint density at radius 3 is 3.00 bits per heavy atom. The molecule has 0 fully saturated rings. The summed E-state index contributed by atoms with van der Waals surface area (Å²) in [6.07, 6.45) is 3.47. The van der Waals surface area contributed by atoms with Crippen LogP contribution in [-0.4, -0.2) is 14.9 Å². The SMILES string of the molecule is CCCc1nn(C)c(NCc2ccon2)c1N. The van der Waals surface area contributed by atoms with Crippen molar-refractivity contribution in [2.24, 2.45) is 7.05 Å². The highest BCUT2D eigenvalue weighted by molar-refractivity contribution is 5.65. The monoisotopic (exact) mass is 235 g/mol. The van der Waals surface area contributed by atoms with Crippen molar-refractivity contribution in [3.05, 3.63) is 23.7 Å². The zero-order chi connectivity index (χ0) is 12.3. The highest BCUT2D eigenvalue weighted by Crippen LogP contribution is 2.23. The van der Waals surface area contributed by atoms with Crippen LogP contribution in [0.25, 0.3) is 0 Å². The second-order valence-electron chi connectivity index (χ2n) is 3.93. The number of nitrogens with zero attached hydrogens (tertiary/aromatic N) is 3. The van der Waals surface area contributed by atoms with E-state index in [9.17, 15) is 0 Å². The number of nitrogens with two attached hydrogens (primary N) is 1. The molecule has 0 aliphatic carbocycles. The van der Waals surface area contributed by atoms with E-state index in [0.29, 0.717) is 6.54 Å². The molecular weight excluding hydrogens is 218 g/mol. The Morgan fingerprint density at radius 2 is 2.35 bits per heavy atom. The molecule has 0 aromatic carbocycles. The molecule has 0 aliphatic rings. The third-order valence-corrected chi connectivity index (χ3v) is 2.58. The Labute approximate surface area is 99.8 Å². The predicted molar refractivity (Wildman–Crippen MR) is 65.4 cm³/mol. The van der Waals surface area contributed by atoms with Gasteiger partial charge in [-0.25, -0.2) is 0 Å². The average Bonchev–Trinajstić information content (AvgIpc) is 2.88. The van der Waals surface area contributed by atoms with E-state index in [-0.39, 0.29) is 0 Å². The van der Waals surface area contributed by atoms with Crippen LogP contribution in [-0.2, 0) is 20.0 Å². The van der Waals surface area contributed by atoms with Gasteiger partial charge in [-0.2, -0.15) is 5.10 Å².